The van der Waals surface area contributed by atoms with Crippen molar-refractivity contribution in [3.63, 3.8) is 0 Å². The minimum Gasteiger partial charge on any atom is -0.313 e. The molecule has 0 saturated carbocycles. The monoisotopic (exact) mass is 441 g/mol. The maximum Gasteiger partial charge on any atom is 0.0923 e. The van der Waals surface area contributed by atoms with Gasteiger partial charge >= 0.3 is 0 Å². The molecule has 3 nitrogen and oxygen atoms in total. The number of nitrogens with one attached hydrogen (secondary N) is 1. The number of fused-ring (bicyclic) bond motifs is 1. The van der Waals surface area contributed by atoms with E-state index in [0.29, 0.717) is 0 Å². The Morgan fingerprint density at radius 3 is 2.61 bits per heavy atom. The van der Waals surface area contributed by atoms with Crippen molar-refractivity contribution < 1.29 is 0 Å². The predicted octanol–water partition coefficient (Wildman–Crippen LogP) is 7.26. The molecule has 1 N–H and O–H groups in total. The van der Waals surface area contributed by atoms with Crippen molar-refractivity contribution in [2.24, 2.45) is 7.05 Å². The minimum absolute atomic E-state index is 0.917. The number of aryl methyl sites for hydroxylation is 2. The summed E-state index contributed by atoms with van der Waals surface area (Å²) in [6.07, 6.45) is 14.7. The van der Waals surface area contributed by atoms with Gasteiger partial charge < -0.3 is 5.32 Å². The molecule has 0 unspecified atom stereocenters. The van der Waals surface area contributed by atoms with Crippen LogP contribution >= 0.6 is 0 Å². The van der Waals surface area contributed by atoms with Crippen LogP contribution in [0.4, 0.5) is 0 Å². The third-order valence-corrected chi connectivity index (χ3v) is 5.55. The molecule has 0 bridgehead atoms. The van der Waals surface area contributed by atoms with Crippen molar-refractivity contribution >= 4 is 28.1 Å². The number of hydrogen-bond donors (Lipinski definition) is 1. The first-order valence-electron chi connectivity index (χ1n) is 12.1. The van der Waals surface area contributed by atoms with Crippen molar-refractivity contribution in [2.75, 3.05) is 13.1 Å². The number of hydrogen-bond acceptors (Lipinski definition) is 2. The van der Waals surface area contributed by atoms with Gasteiger partial charge in [-0.1, -0.05) is 57.2 Å². The van der Waals surface area contributed by atoms with E-state index in [-0.39, 0.29) is 0 Å². The Bertz CT molecular complexity index is 1140. The summed E-state index contributed by atoms with van der Waals surface area (Å²) in [6, 6.07) is 13.3. The summed E-state index contributed by atoms with van der Waals surface area (Å²) in [7, 11) is 1.96. The first-order chi connectivity index (χ1) is 16.0. The number of aromatic nitrogens is 2. The Kier molecular flexibility index (Phi) is 10.7. The molecule has 0 saturated heterocycles. The summed E-state index contributed by atoms with van der Waals surface area (Å²) in [4.78, 5) is 0. The van der Waals surface area contributed by atoms with Crippen molar-refractivity contribution in [3.05, 3.63) is 70.9 Å². The van der Waals surface area contributed by atoms with Crippen LogP contribution in [0.1, 0.15) is 69.2 Å². The molecule has 1 aromatic heterocycles. The smallest absolute Gasteiger partial charge is 0.0923 e. The van der Waals surface area contributed by atoms with E-state index in [1.165, 1.54) is 38.8 Å². The van der Waals surface area contributed by atoms with Crippen molar-refractivity contribution in [2.45, 2.75) is 53.9 Å². The normalized spacial score (nSPS) is 13.2. The quantitative estimate of drug-likeness (QED) is 0.341. The summed E-state index contributed by atoms with van der Waals surface area (Å²) < 4.78 is 1.87. The van der Waals surface area contributed by atoms with Gasteiger partial charge in [0.15, 0.2) is 0 Å². The van der Waals surface area contributed by atoms with E-state index in [0.717, 1.165) is 37.9 Å². The summed E-state index contributed by atoms with van der Waals surface area (Å²) in [6.45, 7) is 12.5. The van der Waals surface area contributed by atoms with Gasteiger partial charge in [0.2, 0.25) is 0 Å². The summed E-state index contributed by atoms with van der Waals surface area (Å²) in [5.41, 5.74) is 8.98. The van der Waals surface area contributed by atoms with Gasteiger partial charge in [-0.25, -0.2) is 0 Å². The lowest BCUT2D eigenvalue weighted by Gasteiger charge is -2.15. The zero-order valence-electron chi connectivity index (χ0n) is 21.2. The molecule has 1 aliphatic heterocycles. The zero-order valence-corrected chi connectivity index (χ0v) is 21.2. The number of terminal acetylenes is 1. The van der Waals surface area contributed by atoms with Crippen LogP contribution in [-0.2, 0) is 7.05 Å². The van der Waals surface area contributed by atoms with E-state index in [1.54, 1.807) is 0 Å². The van der Waals surface area contributed by atoms with Crippen LogP contribution in [0.15, 0.2) is 48.7 Å². The molecule has 0 fully saturated rings. The molecule has 1 aliphatic rings. The molecule has 2 heterocycles. The Morgan fingerprint density at radius 2 is 2.00 bits per heavy atom. The van der Waals surface area contributed by atoms with Gasteiger partial charge in [-0.3, -0.25) is 4.68 Å². The largest absolute Gasteiger partial charge is 0.313 e. The minimum atomic E-state index is 0.917. The number of rotatable bonds is 4. The van der Waals surface area contributed by atoms with Crippen molar-refractivity contribution in [3.8, 4) is 12.3 Å². The molecule has 2 aromatic carbocycles. The van der Waals surface area contributed by atoms with Crippen LogP contribution in [0.2, 0.25) is 0 Å². The van der Waals surface area contributed by atoms with Gasteiger partial charge in [0, 0.05) is 31.6 Å². The van der Waals surface area contributed by atoms with E-state index in [9.17, 15) is 0 Å². The summed E-state index contributed by atoms with van der Waals surface area (Å²) in [5, 5.41) is 9.01. The lowest BCUT2D eigenvalue weighted by Crippen LogP contribution is -2.20. The molecule has 0 amide bonds. The van der Waals surface area contributed by atoms with Gasteiger partial charge in [0.1, 0.15) is 0 Å². The maximum atomic E-state index is 4.89. The highest BCUT2D eigenvalue weighted by molar-refractivity contribution is 5.87. The molecule has 0 aliphatic carbocycles. The van der Waals surface area contributed by atoms with Crippen molar-refractivity contribution in [1.82, 2.24) is 15.1 Å². The third kappa shape index (κ3) is 7.48. The van der Waals surface area contributed by atoms with Gasteiger partial charge in [-0.15, -0.1) is 12.3 Å². The Labute approximate surface area is 200 Å². The average molecular weight is 442 g/mol. The Hall–Kier alpha value is -3.09. The first kappa shape index (κ1) is 26.2. The van der Waals surface area contributed by atoms with Crippen LogP contribution in [0.5, 0.6) is 0 Å². The van der Waals surface area contributed by atoms with Crippen LogP contribution in [0, 0.1) is 19.3 Å². The molecule has 3 aromatic rings. The molecule has 33 heavy (non-hydrogen) atoms. The molecule has 174 valence electrons. The number of allylic oxidation sites excluding steroid dienone is 1. The van der Waals surface area contributed by atoms with E-state index >= 15 is 0 Å². The Morgan fingerprint density at radius 1 is 1.21 bits per heavy atom. The lowest BCUT2D eigenvalue weighted by molar-refractivity contribution is 0.738. The van der Waals surface area contributed by atoms with Crippen LogP contribution in [0.3, 0.4) is 0 Å². The maximum absolute atomic E-state index is 4.89. The van der Waals surface area contributed by atoms with Crippen molar-refractivity contribution in [1.29, 1.82) is 0 Å². The second kappa shape index (κ2) is 13.5. The van der Waals surface area contributed by atoms with Gasteiger partial charge in [-0.05, 0) is 78.8 Å². The number of benzene rings is 2. The fourth-order valence-corrected chi connectivity index (χ4v) is 3.78. The average Bonchev–Trinajstić information content (AvgIpc) is 3.22. The molecule has 3 heteroatoms. The van der Waals surface area contributed by atoms with E-state index in [4.69, 9.17) is 6.42 Å². The van der Waals surface area contributed by atoms with E-state index < -0.39 is 0 Å². The van der Waals surface area contributed by atoms with E-state index in [2.05, 4.69) is 91.9 Å². The SMILES string of the molecule is C#CCCC.C/C(=C\c1ccc(C2=CCNCC2)cc1C)c1ccc2nn(C)cc2c1.CC. The van der Waals surface area contributed by atoms with Gasteiger partial charge in [-0.2, -0.15) is 5.10 Å². The molecular weight excluding hydrogens is 402 g/mol. The number of nitrogens with zero attached hydrogens (tertiary/aromatic N) is 2. The van der Waals surface area contributed by atoms with Crippen LogP contribution in [-0.4, -0.2) is 22.9 Å². The van der Waals surface area contributed by atoms with Crippen LogP contribution < -0.4 is 5.32 Å². The van der Waals surface area contributed by atoms with E-state index in [1.807, 2.05) is 25.6 Å². The topological polar surface area (TPSA) is 29.9 Å². The summed E-state index contributed by atoms with van der Waals surface area (Å²) in [5.74, 6) is 2.52. The molecule has 0 radical (unpaired) electrons. The van der Waals surface area contributed by atoms with Gasteiger partial charge in [0.25, 0.3) is 0 Å². The zero-order chi connectivity index (χ0) is 24.2. The first-order valence-corrected chi connectivity index (χ1v) is 12.1. The predicted molar refractivity (Wildman–Crippen MR) is 146 cm³/mol. The van der Waals surface area contributed by atoms with Gasteiger partial charge in [0.05, 0.1) is 5.52 Å². The second-order valence-corrected chi connectivity index (χ2v) is 8.11. The Balaban J connectivity index is 0.000000489. The summed E-state index contributed by atoms with van der Waals surface area (Å²) >= 11 is 0. The second-order valence-electron chi connectivity index (χ2n) is 8.11. The molecule has 0 atom stereocenters. The molecule has 4 rings (SSSR count). The van der Waals surface area contributed by atoms with Crippen LogP contribution in [0.25, 0.3) is 28.1 Å². The number of unbranched alkanes of at least 4 members (excludes halogenated alkanes) is 1. The highest BCUT2D eigenvalue weighted by Gasteiger charge is 2.08. The standard InChI is InChI=1S/C23H25N3.C5H8.C2H6/c1-16(20-6-7-23-22(14-20)15-26(3)25-23)12-19-4-5-21(13-17(19)2)18-8-10-24-11-9-18;1-3-5-4-2;1-2/h4-8,12-15,24H,9-11H2,1-3H3;1H,4-5H2,2H3;1-2H3/b16-12+;;. The molecule has 0 spiro atoms. The fraction of sp³-hybridized carbons (Fsp3) is 0.367. The highest BCUT2D eigenvalue weighted by atomic mass is 15.2. The molecular formula is C30H39N3. The fourth-order valence-electron chi connectivity index (χ4n) is 3.78. The lowest BCUT2D eigenvalue weighted by atomic mass is 9.95. The third-order valence-electron chi connectivity index (χ3n) is 5.55. The highest BCUT2D eigenvalue weighted by Crippen LogP contribution is 2.26.